The molecule has 5 nitrogen and oxygen atoms in total. The molecule has 5 heteroatoms. The second-order valence-corrected chi connectivity index (χ2v) is 7.26. The first-order valence-corrected chi connectivity index (χ1v) is 9.40. The molecule has 0 bridgehead atoms. The van der Waals surface area contributed by atoms with Crippen molar-refractivity contribution in [3.8, 4) is 22.4 Å². The van der Waals surface area contributed by atoms with Crippen LogP contribution in [0.2, 0.25) is 0 Å². The molecule has 0 saturated carbocycles. The first-order valence-electron chi connectivity index (χ1n) is 9.40. The van der Waals surface area contributed by atoms with Crippen molar-refractivity contribution in [1.29, 1.82) is 0 Å². The summed E-state index contributed by atoms with van der Waals surface area (Å²) in [7, 11) is 0. The number of benzene rings is 1. The highest BCUT2D eigenvalue weighted by Crippen LogP contribution is 2.33. The molecule has 28 heavy (non-hydrogen) atoms. The maximum Gasteiger partial charge on any atom is 0.270 e. The number of hydrogen-bond acceptors (Lipinski definition) is 3. The van der Waals surface area contributed by atoms with Crippen LogP contribution in [0.15, 0.2) is 61.1 Å². The lowest BCUT2D eigenvalue weighted by Gasteiger charge is -2.06. The molecule has 0 fully saturated rings. The maximum absolute atomic E-state index is 7.34. The number of aromatic nitrogens is 4. The molecule has 0 N–H and O–H groups in total. The fourth-order valence-corrected chi connectivity index (χ4v) is 3.19. The first kappa shape index (κ1) is 17.9. The minimum atomic E-state index is 0.382. The molecule has 3 heterocycles. The smallest absolute Gasteiger partial charge is 0.270 e. The van der Waals surface area contributed by atoms with Crippen LogP contribution in [-0.4, -0.2) is 19.7 Å². The van der Waals surface area contributed by atoms with Crippen LogP contribution in [0.25, 0.3) is 38.1 Å². The molecule has 0 spiro atoms. The Balaban J connectivity index is 1.79. The lowest BCUT2D eigenvalue weighted by Crippen LogP contribution is -2.01. The van der Waals surface area contributed by atoms with E-state index < -0.39 is 0 Å². The Bertz CT molecular complexity index is 1170. The molecule has 1 aromatic carbocycles. The van der Waals surface area contributed by atoms with Crippen molar-refractivity contribution in [3.05, 3.63) is 72.5 Å². The molecule has 138 valence electrons. The maximum atomic E-state index is 7.34. The molecule has 0 amide bonds. The fraction of sp³-hybridized carbons (Fsp3) is 0.217. The molecular formula is C23H21N5. The minimum absolute atomic E-state index is 0.382. The summed E-state index contributed by atoms with van der Waals surface area (Å²) in [5.41, 5.74) is 4.61. The van der Waals surface area contributed by atoms with Crippen LogP contribution in [0.3, 0.4) is 0 Å². The van der Waals surface area contributed by atoms with Crippen LogP contribution in [0.4, 0.5) is 5.82 Å². The predicted molar refractivity (Wildman–Crippen MR) is 112 cm³/mol. The van der Waals surface area contributed by atoms with Gasteiger partial charge in [-0.3, -0.25) is 9.67 Å². The second kappa shape index (κ2) is 7.61. The summed E-state index contributed by atoms with van der Waals surface area (Å²) in [5.74, 6) is 1.01. The third-order valence-corrected chi connectivity index (χ3v) is 4.75. The monoisotopic (exact) mass is 367 g/mol. The Morgan fingerprint density at radius 1 is 1.11 bits per heavy atom. The lowest BCUT2D eigenvalue weighted by molar-refractivity contribution is 0.487. The van der Waals surface area contributed by atoms with E-state index in [1.165, 1.54) is 0 Å². The molecule has 3 aromatic heterocycles. The molecule has 0 unspecified atom stereocenters. The normalized spacial score (nSPS) is 11.1. The third kappa shape index (κ3) is 3.63. The van der Waals surface area contributed by atoms with Crippen LogP contribution in [0.5, 0.6) is 0 Å². The van der Waals surface area contributed by atoms with E-state index in [0.717, 1.165) is 46.3 Å². The Labute approximate surface area is 164 Å². The zero-order valence-electron chi connectivity index (χ0n) is 16.0. The van der Waals surface area contributed by atoms with Gasteiger partial charge in [-0.2, -0.15) is 5.10 Å². The Kier molecular flexibility index (Phi) is 4.86. The highest BCUT2D eigenvalue weighted by Gasteiger charge is 2.16. The summed E-state index contributed by atoms with van der Waals surface area (Å²) >= 11 is 0. The van der Waals surface area contributed by atoms with Gasteiger partial charge >= 0.3 is 0 Å². The van der Waals surface area contributed by atoms with Gasteiger partial charge in [-0.1, -0.05) is 38.6 Å². The quantitative estimate of drug-likeness (QED) is 0.422. The Morgan fingerprint density at radius 3 is 2.82 bits per heavy atom. The second-order valence-electron chi connectivity index (χ2n) is 7.26. The molecule has 0 aliphatic heterocycles. The van der Waals surface area contributed by atoms with E-state index in [4.69, 9.17) is 6.57 Å². The molecular weight excluding hydrogens is 346 g/mol. The predicted octanol–water partition coefficient (Wildman–Crippen LogP) is 5.76. The van der Waals surface area contributed by atoms with E-state index in [-0.39, 0.29) is 0 Å². The zero-order valence-corrected chi connectivity index (χ0v) is 16.0. The van der Waals surface area contributed by atoms with Gasteiger partial charge in [-0.15, -0.1) is 4.98 Å². The number of aryl methyl sites for hydroxylation is 1. The zero-order chi connectivity index (χ0) is 19.5. The van der Waals surface area contributed by atoms with Gasteiger partial charge in [0.1, 0.15) is 0 Å². The van der Waals surface area contributed by atoms with Crippen molar-refractivity contribution in [2.45, 2.75) is 26.8 Å². The highest BCUT2D eigenvalue weighted by atomic mass is 15.3. The average Bonchev–Trinajstić information content (AvgIpc) is 3.20. The highest BCUT2D eigenvalue weighted by molar-refractivity contribution is 5.88. The molecule has 0 aliphatic rings. The molecule has 0 radical (unpaired) electrons. The van der Waals surface area contributed by atoms with Crippen molar-refractivity contribution >= 4 is 16.7 Å². The van der Waals surface area contributed by atoms with E-state index in [1.807, 2.05) is 47.3 Å². The number of pyridine rings is 2. The van der Waals surface area contributed by atoms with E-state index in [0.29, 0.717) is 11.7 Å². The standard InChI is InChI=1S/C23H21N5/c1-16(2)10-12-28-15-19(14-26-28)20-8-9-22(24-3)27-23(20)18-7-6-17-5-4-11-25-21(17)13-18/h4-9,11,13-16H,10,12H2,1-2H3. The van der Waals surface area contributed by atoms with Gasteiger partial charge in [-0.05, 0) is 36.6 Å². The summed E-state index contributed by atoms with van der Waals surface area (Å²) < 4.78 is 1.98. The minimum Gasteiger partial charge on any atom is -0.361 e. The van der Waals surface area contributed by atoms with E-state index in [1.54, 1.807) is 12.3 Å². The van der Waals surface area contributed by atoms with Crippen LogP contribution in [0, 0.1) is 12.5 Å². The van der Waals surface area contributed by atoms with E-state index >= 15 is 0 Å². The van der Waals surface area contributed by atoms with Crippen LogP contribution >= 0.6 is 0 Å². The van der Waals surface area contributed by atoms with Gasteiger partial charge in [0.2, 0.25) is 0 Å². The molecule has 0 saturated heterocycles. The number of fused-ring (bicyclic) bond motifs is 1. The lowest BCUT2D eigenvalue weighted by atomic mass is 10.0. The largest absolute Gasteiger partial charge is 0.361 e. The summed E-state index contributed by atoms with van der Waals surface area (Å²) in [5, 5.41) is 5.59. The first-order chi connectivity index (χ1) is 13.6. The van der Waals surface area contributed by atoms with Crippen molar-refractivity contribution in [2.24, 2.45) is 5.92 Å². The van der Waals surface area contributed by atoms with Gasteiger partial charge in [0, 0.05) is 41.0 Å². The van der Waals surface area contributed by atoms with Crippen molar-refractivity contribution in [1.82, 2.24) is 19.7 Å². The van der Waals surface area contributed by atoms with Crippen molar-refractivity contribution in [3.63, 3.8) is 0 Å². The van der Waals surface area contributed by atoms with Gasteiger partial charge in [0.15, 0.2) is 5.69 Å². The summed E-state index contributed by atoms with van der Waals surface area (Å²) in [6.07, 6.45) is 6.80. The van der Waals surface area contributed by atoms with Gasteiger partial charge in [0.25, 0.3) is 5.82 Å². The topological polar surface area (TPSA) is 48.0 Å². The summed E-state index contributed by atoms with van der Waals surface area (Å²) in [4.78, 5) is 12.6. The van der Waals surface area contributed by atoms with Crippen molar-refractivity contribution < 1.29 is 0 Å². The van der Waals surface area contributed by atoms with Crippen LogP contribution in [-0.2, 0) is 6.54 Å². The summed E-state index contributed by atoms with van der Waals surface area (Å²) in [6, 6.07) is 13.8. The number of hydrogen-bond donors (Lipinski definition) is 0. The molecule has 0 atom stereocenters. The van der Waals surface area contributed by atoms with E-state index in [2.05, 4.69) is 40.0 Å². The van der Waals surface area contributed by atoms with Gasteiger partial charge in [0.05, 0.1) is 11.7 Å². The SMILES string of the molecule is [C-]#[N+]c1ccc(-c2cnn(CCC(C)C)c2)c(-c2ccc3cccnc3c2)n1. The average molecular weight is 367 g/mol. The van der Waals surface area contributed by atoms with Crippen LogP contribution < -0.4 is 0 Å². The third-order valence-electron chi connectivity index (χ3n) is 4.75. The van der Waals surface area contributed by atoms with E-state index in [9.17, 15) is 0 Å². The number of nitrogens with zero attached hydrogens (tertiary/aromatic N) is 5. The van der Waals surface area contributed by atoms with Crippen LogP contribution in [0.1, 0.15) is 20.3 Å². The Morgan fingerprint density at radius 2 is 2.00 bits per heavy atom. The van der Waals surface area contributed by atoms with Crippen molar-refractivity contribution in [2.75, 3.05) is 0 Å². The number of rotatable bonds is 5. The van der Waals surface area contributed by atoms with Gasteiger partial charge < -0.3 is 4.85 Å². The summed E-state index contributed by atoms with van der Waals surface area (Å²) in [6.45, 7) is 12.7. The Hall–Kier alpha value is -3.52. The molecule has 0 aliphatic carbocycles. The van der Waals surface area contributed by atoms with Gasteiger partial charge in [-0.25, -0.2) is 0 Å². The molecule has 4 rings (SSSR count). The fourth-order valence-electron chi connectivity index (χ4n) is 3.19. The molecule has 4 aromatic rings.